The summed E-state index contributed by atoms with van der Waals surface area (Å²) >= 11 is 3.48. The summed E-state index contributed by atoms with van der Waals surface area (Å²) in [4.78, 5) is 39.3. The first-order valence-electron chi connectivity index (χ1n) is 10.2. The van der Waals surface area contributed by atoms with E-state index in [1.165, 1.54) is 0 Å². The zero-order valence-corrected chi connectivity index (χ0v) is 18.5. The van der Waals surface area contributed by atoms with Gasteiger partial charge >= 0.3 is 5.97 Å². The molecule has 7 heteroatoms. The first kappa shape index (κ1) is 19.7. The number of fused-ring (bicyclic) bond motifs is 2. The van der Waals surface area contributed by atoms with E-state index in [2.05, 4.69) is 15.9 Å². The second-order valence-corrected chi connectivity index (χ2v) is 8.81. The molecule has 0 radical (unpaired) electrons. The number of benzene rings is 4. The summed E-state index contributed by atoms with van der Waals surface area (Å²) in [6, 6.07) is 19.3. The van der Waals surface area contributed by atoms with Crippen molar-refractivity contribution in [3.63, 3.8) is 0 Å². The smallest absolute Gasteiger partial charge is 0.331 e. The van der Waals surface area contributed by atoms with Crippen LogP contribution in [0.4, 0.5) is 0 Å². The number of pyridine rings is 1. The van der Waals surface area contributed by atoms with E-state index in [0.29, 0.717) is 27.5 Å². The largest absolute Gasteiger partial charge is 0.479 e. The molecule has 1 N–H and O–H groups in total. The van der Waals surface area contributed by atoms with Crippen molar-refractivity contribution in [3.05, 3.63) is 104 Å². The number of halogens is 1. The highest BCUT2D eigenvalue weighted by molar-refractivity contribution is 9.10. The quantitative estimate of drug-likeness (QED) is 0.264. The number of hydrogen-bond donors (Lipinski definition) is 1. The number of carboxylic acid groups (broad SMARTS) is 1. The summed E-state index contributed by atoms with van der Waals surface area (Å²) < 4.78 is 7.80. The first-order valence-corrected chi connectivity index (χ1v) is 11.0. The van der Waals surface area contributed by atoms with Crippen LogP contribution < -0.4 is 11.1 Å². The molecule has 1 unspecified atom stereocenters. The van der Waals surface area contributed by atoms with Crippen LogP contribution in [0.15, 0.2) is 91.3 Å². The third-order valence-corrected chi connectivity index (χ3v) is 6.57. The van der Waals surface area contributed by atoms with E-state index in [0.717, 1.165) is 19.8 Å². The van der Waals surface area contributed by atoms with Crippen molar-refractivity contribution in [3.8, 4) is 0 Å². The molecular weight excluding hydrogens is 486 g/mol. The van der Waals surface area contributed by atoms with Crippen LogP contribution in [0.2, 0.25) is 0 Å². The Kier molecular flexibility index (Phi) is 4.19. The van der Waals surface area contributed by atoms with Crippen molar-refractivity contribution < 1.29 is 14.3 Å². The molecule has 2 heterocycles. The van der Waals surface area contributed by atoms with Crippen molar-refractivity contribution in [2.45, 2.75) is 6.04 Å². The monoisotopic (exact) mass is 499 g/mol. The van der Waals surface area contributed by atoms with Gasteiger partial charge in [0.2, 0.25) is 0 Å². The molecule has 6 aromatic rings. The minimum absolute atomic E-state index is 0.273. The van der Waals surface area contributed by atoms with Crippen LogP contribution in [0, 0.1) is 0 Å². The Bertz CT molecular complexity index is 1820. The van der Waals surface area contributed by atoms with Crippen LogP contribution in [0.3, 0.4) is 0 Å². The van der Waals surface area contributed by atoms with Gasteiger partial charge in [0.15, 0.2) is 6.04 Å². The molecule has 0 aliphatic carbocycles. The highest BCUT2D eigenvalue weighted by atomic mass is 79.9. The van der Waals surface area contributed by atoms with Gasteiger partial charge in [0, 0.05) is 31.4 Å². The summed E-state index contributed by atoms with van der Waals surface area (Å²) in [7, 11) is 0. The molecule has 0 saturated heterocycles. The fourth-order valence-corrected chi connectivity index (χ4v) is 5.03. The summed E-state index contributed by atoms with van der Waals surface area (Å²) in [6.07, 6.45) is 0. The standard InChI is InChI=1S/C26H14BrNO5/c27-14-6-10-19-18(12-14)15-7-8-16-21-17(9-11-20(33-19)22(15)21)25(30)28(24(16)29)23(26(31)32)13-4-2-1-3-5-13/h1-12,23H,(H,31,32). The Labute approximate surface area is 193 Å². The molecule has 33 heavy (non-hydrogen) atoms. The number of carbonyl (C=O) groups is 1. The van der Waals surface area contributed by atoms with Crippen LogP contribution in [-0.4, -0.2) is 15.6 Å². The Balaban J connectivity index is 1.79. The minimum Gasteiger partial charge on any atom is -0.479 e. The van der Waals surface area contributed by atoms with E-state index in [9.17, 15) is 19.5 Å². The van der Waals surface area contributed by atoms with Crippen molar-refractivity contribution in [2.24, 2.45) is 0 Å². The van der Waals surface area contributed by atoms with Gasteiger partial charge in [0.05, 0.1) is 0 Å². The molecule has 0 amide bonds. The molecule has 0 bridgehead atoms. The van der Waals surface area contributed by atoms with Crippen LogP contribution in [0.25, 0.3) is 43.5 Å². The molecule has 6 nitrogen and oxygen atoms in total. The molecule has 0 aliphatic rings. The maximum Gasteiger partial charge on any atom is 0.331 e. The van der Waals surface area contributed by atoms with Gasteiger partial charge < -0.3 is 9.52 Å². The fourth-order valence-electron chi connectivity index (χ4n) is 4.67. The molecule has 4 aromatic carbocycles. The minimum atomic E-state index is -1.44. The van der Waals surface area contributed by atoms with E-state index in [1.807, 2.05) is 24.3 Å². The average Bonchev–Trinajstić information content (AvgIpc) is 2.82. The summed E-state index contributed by atoms with van der Waals surface area (Å²) in [6.45, 7) is 0. The Morgan fingerprint density at radius 2 is 1.42 bits per heavy atom. The first-order chi connectivity index (χ1) is 16.0. The second-order valence-electron chi connectivity index (χ2n) is 7.90. The topological polar surface area (TPSA) is 89.5 Å². The van der Waals surface area contributed by atoms with Gasteiger partial charge in [-0.25, -0.2) is 4.79 Å². The predicted molar refractivity (Wildman–Crippen MR) is 130 cm³/mol. The number of carboxylic acids is 1. The predicted octanol–water partition coefficient (Wildman–Crippen LogP) is 5.29. The van der Waals surface area contributed by atoms with Crippen molar-refractivity contribution in [2.75, 3.05) is 0 Å². The maximum absolute atomic E-state index is 13.6. The van der Waals surface area contributed by atoms with Crippen LogP contribution in [0.1, 0.15) is 11.6 Å². The lowest BCUT2D eigenvalue weighted by Crippen LogP contribution is -2.40. The van der Waals surface area contributed by atoms with E-state index in [-0.39, 0.29) is 10.8 Å². The molecule has 0 saturated carbocycles. The van der Waals surface area contributed by atoms with Gasteiger partial charge in [-0.1, -0.05) is 52.3 Å². The zero-order chi connectivity index (χ0) is 22.9. The molecule has 6 rings (SSSR count). The SMILES string of the molecule is O=C(O)C(c1ccccc1)n1c(=O)c2ccc3oc4ccc(Br)cc4c4ccc(c1=O)c2c34. The molecule has 0 spiro atoms. The lowest BCUT2D eigenvalue weighted by Gasteiger charge is -2.18. The lowest BCUT2D eigenvalue weighted by molar-refractivity contribution is -0.139. The van der Waals surface area contributed by atoms with Gasteiger partial charge in [-0.15, -0.1) is 0 Å². The molecular formula is C26H14BrNO5. The van der Waals surface area contributed by atoms with E-state index in [4.69, 9.17) is 4.42 Å². The fraction of sp³-hybridized carbons (Fsp3) is 0.0385. The lowest BCUT2D eigenvalue weighted by atomic mass is 9.96. The maximum atomic E-state index is 13.6. The van der Waals surface area contributed by atoms with Gasteiger partial charge in [-0.3, -0.25) is 14.2 Å². The third-order valence-electron chi connectivity index (χ3n) is 6.08. The van der Waals surface area contributed by atoms with Crippen molar-refractivity contribution in [1.29, 1.82) is 0 Å². The zero-order valence-electron chi connectivity index (χ0n) is 16.9. The number of aliphatic carboxylic acids is 1. The van der Waals surface area contributed by atoms with E-state index in [1.54, 1.807) is 48.5 Å². The second kappa shape index (κ2) is 7.02. The van der Waals surface area contributed by atoms with Crippen molar-refractivity contribution in [1.82, 2.24) is 4.57 Å². The van der Waals surface area contributed by atoms with Crippen molar-refractivity contribution >= 4 is 65.4 Å². The van der Waals surface area contributed by atoms with Gasteiger partial charge in [0.25, 0.3) is 11.1 Å². The summed E-state index contributed by atoms with van der Waals surface area (Å²) in [5.41, 5.74) is 0.286. The van der Waals surface area contributed by atoms with Crippen LogP contribution in [0.5, 0.6) is 0 Å². The Morgan fingerprint density at radius 1 is 0.788 bits per heavy atom. The van der Waals surface area contributed by atoms with E-state index < -0.39 is 23.1 Å². The number of rotatable bonds is 3. The van der Waals surface area contributed by atoms with Gasteiger partial charge in [-0.2, -0.15) is 0 Å². The molecule has 160 valence electrons. The molecule has 2 aromatic heterocycles. The Hall–Kier alpha value is -3.97. The number of nitrogens with zero attached hydrogens (tertiary/aromatic N) is 1. The average molecular weight is 500 g/mol. The summed E-state index contributed by atoms with van der Waals surface area (Å²) in [5.74, 6) is -1.28. The van der Waals surface area contributed by atoms with Gasteiger partial charge in [-0.05, 0) is 47.3 Å². The highest BCUT2D eigenvalue weighted by Gasteiger charge is 2.28. The van der Waals surface area contributed by atoms with Gasteiger partial charge in [0.1, 0.15) is 11.2 Å². The van der Waals surface area contributed by atoms with Crippen LogP contribution in [-0.2, 0) is 4.79 Å². The molecule has 1 atom stereocenters. The van der Waals surface area contributed by atoms with Crippen LogP contribution >= 0.6 is 15.9 Å². The summed E-state index contributed by atoms with van der Waals surface area (Å²) in [5, 5.41) is 13.3. The molecule has 0 fully saturated rings. The highest BCUT2D eigenvalue weighted by Crippen LogP contribution is 2.37. The molecule has 0 aliphatic heterocycles. The Morgan fingerprint density at radius 3 is 2.12 bits per heavy atom. The van der Waals surface area contributed by atoms with E-state index >= 15 is 0 Å². The number of hydrogen-bond acceptors (Lipinski definition) is 4. The number of aromatic nitrogens is 1. The third kappa shape index (κ3) is 2.75. The normalized spacial score (nSPS) is 12.8.